The van der Waals surface area contributed by atoms with Crippen LogP contribution >= 0.6 is 0 Å². The molecule has 0 aliphatic rings. The second kappa shape index (κ2) is 4.97. The van der Waals surface area contributed by atoms with E-state index in [1.165, 1.54) is 38.2 Å². The zero-order valence-electron chi connectivity index (χ0n) is 13.4. The average molecular weight is 308 g/mol. The number of hydrogen-bond acceptors (Lipinski definition) is 1. The first kappa shape index (κ1) is 13.4. The second-order valence-corrected chi connectivity index (χ2v) is 6.28. The molecular formula is C23H16O. The van der Waals surface area contributed by atoms with Crippen LogP contribution < -0.4 is 0 Å². The summed E-state index contributed by atoms with van der Waals surface area (Å²) in [5.41, 5.74) is 5.63. The Kier molecular flexibility index (Phi) is 2.77. The normalized spacial score (nSPS) is 11.5. The molecule has 1 nitrogen and oxygen atoms in total. The topological polar surface area (TPSA) is 13.1 Å². The number of furan rings is 1. The highest BCUT2D eigenvalue weighted by atomic mass is 16.3. The van der Waals surface area contributed by atoms with Crippen LogP contribution in [0.1, 0.15) is 5.56 Å². The van der Waals surface area contributed by atoms with Crippen molar-refractivity contribution >= 4 is 32.7 Å². The Balaban J connectivity index is 1.81. The minimum Gasteiger partial charge on any atom is -0.456 e. The van der Waals surface area contributed by atoms with E-state index in [0.717, 1.165) is 11.2 Å². The Morgan fingerprint density at radius 1 is 0.583 bits per heavy atom. The Morgan fingerprint density at radius 2 is 1.29 bits per heavy atom. The van der Waals surface area contributed by atoms with Crippen molar-refractivity contribution in [2.45, 2.75) is 6.92 Å². The van der Waals surface area contributed by atoms with Crippen molar-refractivity contribution in [3.8, 4) is 11.1 Å². The van der Waals surface area contributed by atoms with Crippen LogP contribution in [0.25, 0.3) is 43.8 Å². The maximum Gasteiger partial charge on any atom is 0.136 e. The van der Waals surface area contributed by atoms with Gasteiger partial charge >= 0.3 is 0 Å². The Bertz CT molecular complexity index is 1210. The van der Waals surface area contributed by atoms with Crippen molar-refractivity contribution in [3.63, 3.8) is 0 Å². The smallest absolute Gasteiger partial charge is 0.136 e. The quantitative estimate of drug-likeness (QED) is 0.335. The Morgan fingerprint density at radius 3 is 2.17 bits per heavy atom. The predicted molar refractivity (Wildman–Crippen MR) is 101 cm³/mol. The van der Waals surface area contributed by atoms with Crippen LogP contribution in [0, 0.1) is 6.92 Å². The van der Waals surface area contributed by atoms with Gasteiger partial charge in [-0.25, -0.2) is 0 Å². The molecule has 0 radical (unpaired) electrons. The minimum absolute atomic E-state index is 0.943. The fourth-order valence-corrected chi connectivity index (χ4v) is 3.59. The van der Waals surface area contributed by atoms with Crippen LogP contribution in [0.4, 0.5) is 0 Å². The average Bonchev–Trinajstić information content (AvgIpc) is 3.00. The van der Waals surface area contributed by atoms with Crippen molar-refractivity contribution in [1.29, 1.82) is 0 Å². The van der Waals surface area contributed by atoms with Crippen LogP contribution in [0.2, 0.25) is 0 Å². The van der Waals surface area contributed by atoms with Crippen LogP contribution in [-0.2, 0) is 0 Å². The fraction of sp³-hybridized carbons (Fsp3) is 0.0435. The van der Waals surface area contributed by atoms with Crippen molar-refractivity contribution < 1.29 is 4.42 Å². The maximum absolute atomic E-state index is 6.05. The highest BCUT2D eigenvalue weighted by Crippen LogP contribution is 2.35. The van der Waals surface area contributed by atoms with E-state index in [1.807, 2.05) is 12.1 Å². The summed E-state index contributed by atoms with van der Waals surface area (Å²) in [4.78, 5) is 0. The van der Waals surface area contributed by atoms with Crippen molar-refractivity contribution in [1.82, 2.24) is 0 Å². The predicted octanol–water partition coefficient (Wildman–Crippen LogP) is 6.71. The molecule has 0 saturated carbocycles. The van der Waals surface area contributed by atoms with Gasteiger partial charge in [-0.2, -0.15) is 0 Å². The Hall–Kier alpha value is -3.06. The molecule has 1 aromatic heterocycles. The van der Waals surface area contributed by atoms with E-state index in [1.54, 1.807) is 0 Å². The van der Waals surface area contributed by atoms with Crippen molar-refractivity contribution in [3.05, 3.63) is 84.4 Å². The van der Waals surface area contributed by atoms with E-state index < -0.39 is 0 Å². The fourth-order valence-electron chi connectivity index (χ4n) is 3.59. The van der Waals surface area contributed by atoms with Gasteiger partial charge in [-0.05, 0) is 52.6 Å². The Labute approximate surface area is 140 Å². The molecule has 0 amide bonds. The molecule has 0 saturated heterocycles. The van der Waals surface area contributed by atoms with E-state index in [2.05, 4.69) is 73.7 Å². The monoisotopic (exact) mass is 308 g/mol. The number of rotatable bonds is 1. The molecular weight excluding hydrogens is 292 g/mol. The summed E-state index contributed by atoms with van der Waals surface area (Å²) < 4.78 is 6.05. The first-order valence-corrected chi connectivity index (χ1v) is 8.21. The number of aryl methyl sites for hydroxylation is 1. The molecule has 1 heteroatoms. The lowest BCUT2D eigenvalue weighted by Gasteiger charge is -2.09. The molecule has 0 atom stereocenters. The van der Waals surface area contributed by atoms with E-state index >= 15 is 0 Å². The van der Waals surface area contributed by atoms with E-state index in [4.69, 9.17) is 4.42 Å². The van der Waals surface area contributed by atoms with Crippen molar-refractivity contribution in [2.75, 3.05) is 0 Å². The van der Waals surface area contributed by atoms with Crippen LogP contribution in [0.15, 0.2) is 83.3 Å². The molecule has 5 aromatic rings. The lowest BCUT2D eigenvalue weighted by Crippen LogP contribution is -1.84. The van der Waals surface area contributed by atoms with Gasteiger partial charge in [0.25, 0.3) is 0 Å². The third kappa shape index (κ3) is 1.88. The van der Waals surface area contributed by atoms with Gasteiger partial charge in [0.2, 0.25) is 0 Å². The van der Waals surface area contributed by atoms with Crippen LogP contribution in [0.3, 0.4) is 0 Å². The lowest BCUT2D eigenvalue weighted by molar-refractivity contribution is 0.669. The molecule has 0 unspecified atom stereocenters. The van der Waals surface area contributed by atoms with Crippen molar-refractivity contribution in [2.24, 2.45) is 0 Å². The molecule has 0 spiro atoms. The van der Waals surface area contributed by atoms with Gasteiger partial charge in [0.1, 0.15) is 11.2 Å². The van der Waals surface area contributed by atoms with Gasteiger partial charge in [0.15, 0.2) is 0 Å². The molecule has 5 rings (SSSR count). The number of hydrogen-bond donors (Lipinski definition) is 0. The summed E-state index contributed by atoms with van der Waals surface area (Å²) in [5, 5.41) is 4.94. The summed E-state index contributed by atoms with van der Waals surface area (Å²) in [7, 11) is 0. The number of para-hydroxylation sites is 1. The van der Waals surface area contributed by atoms with E-state index in [-0.39, 0.29) is 0 Å². The first-order chi connectivity index (χ1) is 11.8. The van der Waals surface area contributed by atoms with Gasteiger partial charge < -0.3 is 4.42 Å². The van der Waals surface area contributed by atoms with Gasteiger partial charge in [0.05, 0.1) is 0 Å². The third-order valence-corrected chi connectivity index (χ3v) is 4.83. The third-order valence-electron chi connectivity index (χ3n) is 4.83. The van der Waals surface area contributed by atoms with Gasteiger partial charge in [0, 0.05) is 10.8 Å². The molecule has 4 aromatic carbocycles. The molecule has 0 aliphatic carbocycles. The van der Waals surface area contributed by atoms with Crippen LogP contribution in [-0.4, -0.2) is 0 Å². The molecule has 1 heterocycles. The van der Waals surface area contributed by atoms with Crippen LogP contribution in [0.5, 0.6) is 0 Å². The SMILES string of the molecule is Cc1ccc(-c2ccc3c(c2)oc2ccccc23)c2ccccc12. The van der Waals surface area contributed by atoms with E-state index in [0.29, 0.717) is 0 Å². The summed E-state index contributed by atoms with van der Waals surface area (Å²) in [6, 6.07) is 27.7. The van der Waals surface area contributed by atoms with Gasteiger partial charge in [-0.3, -0.25) is 0 Å². The molecule has 0 fully saturated rings. The summed E-state index contributed by atoms with van der Waals surface area (Å²) in [5.74, 6) is 0. The highest BCUT2D eigenvalue weighted by Gasteiger charge is 2.10. The van der Waals surface area contributed by atoms with Gasteiger partial charge in [-0.1, -0.05) is 60.7 Å². The minimum atomic E-state index is 0.943. The maximum atomic E-state index is 6.05. The highest BCUT2D eigenvalue weighted by molar-refractivity contribution is 6.07. The molecule has 0 bridgehead atoms. The second-order valence-electron chi connectivity index (χ2n) is 6.28. The van der Waals surface area contributed by atoms with E-state index in [9.17, 15) is 0 Å². The zero-order valence-corrected chi connectivity index (χ0v) is 13.4. The lowest BCUT2D eigenvalue weighted by atomic mass is 9.95. The molecule has 0 aliphatic heterocycles. The number of fused-ring (bicyclic) bond motifs is 4. The molecule has 114 valence electrons. The summed E-state index contributed by atoms with van der Waals surface area (Å²) in [6.07, 6.45) is 0. The van der Waals surface area contributed by atoms with Gasteiger partial charge in [-0.15, -0.1) is 0 Å². The molecule has 0 N–H and O–H groups in total. The first-order valence-electron chi connectivity index (χ1n) is 8.21. The number of benzene rings is 4. The zero-order chi connectivity index (χ0) is 16.1. The standard InChI is InChI=1S/C23H16O/c1-15-10-12-18(19-7-3-2-6-17(15)19)16-11-13-21-20-8-4-5-9-22(20)24-23(21)14-16/h2-14H,1H3. The molecule has 24 heavy (non-hydrogen) atoms. The summed E-state index contributed by atoms with van der Waals surface area (Å²) >= 11 is 0. The largest absolute Gasteiger partial charge is 0.456 e. The summed E-state index contributed by atoms with van der Waals surface area (Å²) in [6.45, 7) is 2.16.